The molecule has 0 atom stereocenters. The van der Waals surface area contributed by atoms with Gasteiger partial charge < -0.3 is 15.0 Å². The first kappa shape index (κ1) is 16.4. The van der Waals surface area contributed by atoms with Crippen LogP contribution in [-0.2, 0) is 17.8 Å². The van der Waals surface area contributed by atoms with Crippen LogP contribution in [0.5, 0.6) is 0 Å². The second kappa shape index (κ2) is 7.04. The van der Waals surface area contributed by atoms with E-state index in [9.17, 15) is 0 Å². The largest absolute Gasteiger partial charge is 0.379 e. The van der Waals surface area contributed by atoms with Gasteiger partial charge in [-0.05, 0) is 35.4 Å². The summed E-state index contributed by atoms with van der Waals surface area (Å²) in [5.41, 5.74) is 10.6. The highest BCUT2D eigenvalue weighted by atomic mass is 35.5. The molecule has 0 radical (unpaired) electrons. The zero-order chi connectivity index (χ0) is 17.2. The van der Waals surface area contributed by atoms with E-state index in [-0.39, 0.29) is 0 Å². The molecular formula is C19H21ClN4O. The quantitative estimate of drug-likeness (QED) is 0.780. The molecule has 2 heterocycles. The van der Waals surface area contributed by atoms with Gasteiger partial charge in [0.25, 0.3) is 0 Å². The van der Waals surface area contributed by atoms with E-state index in [2.05, 4.69) is 28.1 Å². The van der Waals surface area contributed by atoms with Gasteiger partial charge in [-0.25, -0.2) is 4.98 Å². The number of nitrogens with zero attached hydrogens (tertiary/aromatic N) is 3. The standard InChI is InChI=1S/C19H21ClN4O/c20-16-4-1-14(2-5-16)13-24-18-6-3-15(11-17(18)22-19(24)21)12-23-7-9-25-10-8-23/h1-6,11H,7-10,12-13H2,(H2,21,22). The highest BCUT2D eigenvalue weighted by Crippen LogP contribution is 2.22. The fourth-order valence-corrected chi connectivity index (χ4v) is 3.37. The summed E-state index contributed by atoms with van der Waals surface area (Å²) >= 11 is 5.96. The molecule has 0 saturated carbocycles. The second-order valence-corrected chi connectivity index (χ2v) is 6.83. The monoisotopic (exact) mass is 356 g/mol. The van der Waals surface area contributed by atoms with Crippen LogP contribution in [0.4, 0.5) is 5.95 Å². The maximum atomic E-state index is 6.16. The minimum atomic E-state index is 0.536. The normalized spacial score (nSPS) is 15.7. The zero-order valence-electron chi connectivity index (χ0n) is 14.0. The lowest BCUT2D eigenvalue weighted by atomic mass is 10.1. The third-order valence-electron chi connectivity index (χ3n) is 4.61. The topological polar surface area (TPSA) is 56.3 Å². The van der Waals surface area contributed by atoms with Gasteiger partial charge >= 0.3 is 0 Å². The molecule has 1 fully saturated rings. The number of nitrogens with two attached hydrogens (primary N) is 1. The highest BCUT2D eigenvalue weighted by Gasteiger charge is 2.13. The lowest BCUT2D eigenvalue weighted by molar-refractivity contribution is 0.0342. The summed E-state index contributed by atoms with van der Waals surface area (Å²) in [6.45, 7) is 5.18. The highest BCUT2D eigenvalue weighted by molar-refractivity contribution is 6.30. The molecule has 0 amide bonds. The minimum absolute atomic E-state index is 0.536. The van der Waals surface area contributed by atoms with Crippen LogP contribution in [0, 0.1) is 0 Å². The van der Waals surface area contributed by atoms with Gasteiger partial charge in [-0.15, -0.1) is 0 Å². The molecule has 4 rings (SSSR count). The maximum absolute atomic E-state index is 6.16. The van der Waals surface area contributed by atoms with Gasteiger partial charge in [0.1, 0.15) is 0 Å². The summed E-state index contributed by atoms with van der Waals surface area (Å²) in [6.07, 6.45) is 0. The van der Waals surface area contributed by atoms with Gasteiger partial charge in [0.15, 0.2) is 0 Å². The van der Waals surface area contributed by atoms with Crippen molar-refractivity contribution in [2.24, 2.45) is 0 Å². The van der Waals surface area contributed by atoms with Gasteiger partial charge in [0.2, 0.25) is 5.95 Å². The molecule has 0 spiro atoms. The van der Waals surface area contributed by atoms with E-state index >= 15 is 0 Å². The van der Waals surface area contributed by atoms with Crippen LogP contribution in [0.1, 0.15) is 11.1 Å². The molecule has 5 nitrogen and oxygen atoms in total. The second-order valence-electron chi connectivity index (χ2n) is 6.39. The van der Waals surface area contributed by atoms with Crippen molar-refractivity contribution in [3.05, 3.63) is 58.6 Å². The first-order valence-electron chi connectivity index (χ1n) is 8.48. The van der Waals surface area contributed by atoms with Crippen LogP contribution in [-0.4, -0.2) is 40.8 Å². The lowest BCUT2D eigenvalue weighted by Crippen LogP contribution is -2.35. The van der Waals surface area contributed by atoms with E-state index in [0.29, 0.717) is 12.5 Å². The number of nitrogen functional groups attached to an aromatic ring is 1. The molecule has 3 aromatic rings. The number of imidazole rings is 1. The summed E-state index contributed by atoms with van der Waals surface area (Å²) in [7, 11) is 0. The number of benzene rings is 2. The molecule has 0 aliphatic carbocycles. The smallest absolute Gasteiger partial charge is 0.201 e. The Morgan fingerprint density at radius 3 is 2.48 bits per heavy atom. The van der Waals surface area contributed by atoms with E-state index in [1.807, 2.05) is 28.8 Å². The minimum Gasteiger partial charge on any atom is -0.379 e. The van der Waals surface area contributed by atoms with Crippen molar-refractivity contribution >= 4 is 28.6 Å². The Morgan fingerprint density at radius 2 is 1.72 bits per heavy atom. The first-order chi connectivity index (χ1) is 12.2. The van der Waals surface area contributed by atoms with E-state index in [1.165, 1.54) is 5.56 Å². The first-order valence-corrected chi connectivity index (χ1v) is 8.86. The molecular weight excluding hydrogens is 336 g/mol. The summed E-state index contributed by atoms with van der Waals surface area (Å²) < 4.78 is 7.45. The van der Waals surface area contributed by atoms with Crippen LogP contribution in [0.3, 0.4) is 0 Å². The van der Waals surface area contributed by atoms with Crippen molar-refractivity contribution in [1.29, 1.82) is 0 Å². The molecule has 2 aromatic carbocycles. The maximum Gasteiger partial charge on any atom is 0.201 e. The molecule has 130 valence electrons. The van der Waals surface area contributed by atoms with Crippen molar-refractivity contribution in [1.82, 2.24) is 14.5 Å². The van der Waals surface area contributed by atoms with Gasteiger partial charge in [0.05, 0.1) is 30.8 Å². The van der Waals surface area contributed by atoms with Gasteiger partial charge in [-0.2, -0.15) is 0 Å². The summed E-state index contributed by atoms with van der Waals surface area (Å²) in [6, 6.07) is 14.2. The number of halogens is 1. The van der Waals surface area contributed by atoms with Gasteiger partial charge in [-0.3, -0.25) is 4.90 Å². The summed E-state index contributed by atoms with van der Waals surface area (Å²) in [5, 5.41) is 0.736. The molecule has 6 heteroatoms. The van der Waals surface area contributed by atoms with Crippen LogP contribution in [0.2, 0.25) is 5.02 Å². The van der Waals surface area contributed by atoms with Gasteiger partial charge in [-0.1, -0.05) is 29.8 Å². The van der Waals surface area contributed by atoms with Crippen LogP contribution in [0.15, 0.2) is 42.5 Å². The van der Waals surface area contributed by atoms with E-state index in [1.54, 1.807) is 0 Å². The predicted molar refractivity (Wildman–Crippen MR) is 101 cm³/mol. The Morgan fingerprint density at radius 1 is 1.00 bits per heavy atom. The Bertz CT molecular complexity index is 869. The molecule has 1 aliphatic rings. The third kappa shape index (κ3) is 3.63. The number of morpholine rings is 1. The fraction of sp³-hybridized carbons (Fsp3) is 0.316. The van der Waals surface area contributed by atoms with Crippen LogP contribution in [0.25, 0.3) is 11.0 Å². The number of hydrogen-bond donors (Lipinski definition) is 1. The average molecular weight is 357 g/mol. The summed E-state index contributed by atoms with van der Waals surface area (Å²) in [4.78, 5) is 6.95. The fourth-order valence-electron chi connectivity index (χ4n) is 3.25. The van der Waals surface area contributed by atoms with Crippen molar-refractivity contribution in [3.63, 3.8) is 0 Å². The Hall–Kier alpha value is -2.08. The summed E-state index contributed by atoms with van der Waals surface area (Å²) in [5.74, 6) is 0.536. The molecule has 1 saturated heterocycles. The predicted octanol–water partition coefficient (Wildman–Crippen LogP) is 3.15. The molecule has 0 bridgehead atoms. The number of fused-ring (bicyclic) bond motifs is 1. The molecule has 1 aliphatic heterocycles. The number of ether oxygens (including phenoxy) is 1. The van der Waals surface area contributed by atoms with E-state index in [4.69, 9.17) is 22.1 Å². The molecule has 0 unspecified atom stereocenters. The van der Waals surface area contributed by atoms with Crippen LogP contribution >= 0.6 is 11.6 Å². The number of hydrogen-bond acceptors (Lipinski definition) is 4. The zero-order valence-corrected chi connectivity index (χ0v) is 14.7. The Labute approximate surface area is 152 Å². The van der Waals surface area contributed by atoms with Crippen molar-refractivity contribution < 1.29 is 4.74 Å². The number of aromatic nitrogens is 2. The van der Waals surface area contributed by atoms with E-state index in [0.717, 1.165) is 54.5 Å². The third-order valence-corrected chi connectivity index (χ3v) is 4.86. The number of rotatable bonds is 4. The molecule has 1 aromatic heterocycles. The van der Waals surface area contributed by atoms with Crippen LogP contribution < -0.4 is 5.73 Å². The number of anilines is 1. The van der Waals surface area contributed by atoms with E-state index < -0.39 is 0 Å². The lowest BCUT2D eigenvalue weighted by Gasteiger charge is -2.26. The average Bonchev–Trinajstić information content (AvgIpc) is 2.92. The molecule has 25 heavy (non-hydrogen) atoms. The van der Waals surface area contributed by atoms with Crippen molar-refractivity contribution in [2.45, 2.75) is 13.1 Å². The Balaban J connectivity index is 1.58. The van der Waals surface area contributed by atoms with Crippen molar-refractivity contribution in [2.75, 3.05) is 32.0 Å². The molecule has 2 N–H and O–H groups in total. The van der Waals surface area contributed by atoms with Crippen molar-refractivity contribution in [3.8, 4) is 0 Å². The Kier molecular flexibility index (Phi) is 4.61. The SMILES string of the molecule is Nc1nc2cc(CN3CCOCC3)ccc2n1Cc1ccc(Cl)cc1. The van der Waals surface area contributed by atoms with Gasteiger partial charge in [0, 0.05) is 24.7 Å².